The molecule has 0 saturated heterocycles. The molecule has 0 radical (unpaired) electrons. The minimum absolute atomic E-state index is 0.0438. The monoisotopic (exact) mass is 323 g/mol. The molecule has 2 aromatic rings. The second kappa shape index (κ2) is 5.85. The van der Waals surface area contributed by atoms with Crippen molar-refractivity contribution >= 4 is 27.5 Å². The van der Waals surface area contributed by atoms with Crippen molar-refractivity contribution in [3.05, 3.63) is 63.4 Å². The van der Waals surface area contributed by atoms with Crippen molar-refractivity contribution < 1.29 is 0 Å². The fourth-order valence-corrected chi connectivity index (χ4v) is 2.65. The van der Waals surface area contributed by atoms with Crippen LogP contribution in [-0.4, -0.2) is 4.98 Å². The van der Waals surface area contributed by atoms with Gasteiger partial charge in [-0.1, -0.05) is 34.1 Å². The molecule has 18 heavy (non-hydrogen) atoms. The topological polar surface area (TPSA) is 12.9 Å². The Morgan fingerprint density at radius 1 is 1.22 bits per heavy atom. The van der Waals surface area contributed by atoms with Crippen LogP contribution in [0.3, 0.4) is 0 Å². The van der Waals surface area contributed by atoms with E-state index in [4.69, 9.17) is 11.6 Å². The predicted molar refractivity (Wildman–Crippen MR) is 80.2 cm³/mol. The van der Waals surface area contributed by atoms with E-state index >= 15 is 0 Å². The molecular formula is C15H15BrClN. The smallest absolute Gasteiger partial charge is 0.0643 e. The molecule has 0 saturated carbocycles. The van der Waals surface area contributed by atoms with Crippen LogP contribution < -0.4 is 0 Å². The molecule has 2 rings (SSSR count). The highest BCUT2D eigenvalue weighted by Gasteiger charge is 2.13. The third-order valence-corrected chi connectivity index (χ3v) is 4.26. The minimum Gasteiger partial charge on any atom is -0.261 e. The largest absolute Gasteiger partial charge is 0.261 e. The van der Waals surface area contributed by atoms with E-state index < -0.39 is 0 Å². The second-order valence-electron chi connectivity index (χ2n) is 4.45. The maximum atomic E-state index is 6.50. The first-order valence-corrected chi connectivity index (χ1v) is 7.11. The normalized spacial score (nSPS) is 12.4. The van der Waals surface area contributed by atoms with Gasteiger partial charge in [-0.2, -0.15) is 0 Å². The Morgan fingerprint density at radius 2 is 2.00 bits per heavy atom. The molecule has 1 unspecified atom stereocenters. The van der Waals surface area contributed by atoms with Gasteiger partial charge >= 0.3 is 0 Å². The predicted octanol–water partition coefficient (Wildman–Crippen LogP) is 4.98. The molecule has 1 nitrogen and oxygen atoms in total. The van der Waals surface area contributed by atoms with Gasteiger partial charge in [-0.05, 0) is 42.7 Å². The molecule has 1 aromatic carbocycles. The summed E-state index contributed by atoms with van der Waals surface area (Å²) in [7, 11) is 0. The Kier molecular flexibility index (Phi) is 4.41. The zero-order valence-electron chi connectivity index (χ0n) is 10.5. The van der Waals surface area contributed by atoms with Gasteiger partial charge in [0.1, 0.15) is 0 Å². The molecule has 0 N–H and O–H groups in total. The van der Waals surface area contributed by atoms with Crippen LogP contribution >= 0.6 is 27.5 Å². The van der Waals surface area contributed by atoms with E-state index in [1.165, 1.54) is 11.1 Å². The molecule has 0 spiro atoms. The molecule has 1 heterocycles. The highest BCUT2D eigenvalue weighted by atomic mass is 79.9. The zero-order valence-corrected chi connectivity index (χ0v) is 12.8. The van der Waals surface area contributed by atoms with E-state index in [0.717, 1.165) is 22.2 Å². The first kappa shape index (κ1) is 13.6. The van der Waals surface area contributed by atoms with Crippen LogP contribution in [0.5, 0.6) is 0 Å². The lowest BCUT2D eigenvalue weighted by Crippen LogP contribution is -2.00. The van der Waals surface area contributed by atoms with E-state index in [0.29, 0.717) is 0 Å². The lowest BCUT2D eigenvalue weighted by Gasteiger charge is -2.13. The number of nitrogens with zero attached hydrogens (tertiary/aromatic N) is 1. The molecule has 0 bridgehead atoms. The lowest BCUT2D eigenvalue weighted by molar-refractivity contribution is 0.870. The van der Waals surface area contributed by atoms with Crippen LogP contribution in [0.15, 0.2) is 41.0 Å². The van der Waals surface area contributed by atoms with Crippen molar-refractivity contribution in [1.82, 2.24) is 4.98 Å². The van der Waals surface area contributed by atoms with Crippen LogP contribution in [0.1, 0.15) is 27.8 Å². The van der Waals surface area contributed by atoms with Crippen molar-refractivity contribution in [2.24, 2.45) is 0 Å². The van der Waals surface area contributed by atoms with Crippen molar-refractivity contribution in [3.63, 3.8) is 0 Å². The van der Waals surface area contributed by atoms with Gasteiger partial charge in [-0.25, -0.2) is 0 Å². The average Bonchev–Trinajstić information content (AvgIpc) is 2.35. The van der Waals surface area contributed by atoms with Crippen LogP contribution in [0.4, 0.5) is 0 Å². The maximum Gasteiger partial charge on any atom is 0.0643 e. The zero-order chi connectivity index (χ0) is 13.1. The Bertz CT molecular complexity index is 537. The molecule has 0 aliphatic carbocycles. The van der Waals surface area contributed by atoms with Crippen molar-refractivity contribution in [1.29, 1.82) is 0 Å². The minimum atomic E-state index is -0.0438. The summed E-state index contributed by atoms with van der Waals surface area (Å²) in [5, 5.41) is -0.0438. The van der Waals surface area contributed by atoms with Crippen LogP contribution in [0, 0.1) is 13.8 Å². The Morgan fingerprint density at radius 3 is 2.67 bits per heavy atom. The number of halogens is 2. The van der Waals surface area contributed by atoms with E-state index in [1.54, 1.807) is 0 Å². The van der Waals surface area contributed by atoms with Gasteiger partial charge in [0.05, 0.1) is 5.38 Å². The molecule has 0 aliphatic heterocycles. The molecule has 3 heteroatoms. The van der Waals surface area contributed by atoms with Gasteiger partial charge in [0, 0.05) is 22.8 Å². The highest BCUT2D eigenvalue weighted by molar-refractivity contribution is 9.10. The third kappa shape index (κ3) is 3.12. The fraction of sp³-hybridized carbons (Fsp3) is 0.267. The summed E-state index contributed by atoms with van der Waals surface area (Å²) in [6.07, 6.45) is 2.63. The first-order chi connectivity index (χ1) is 8.58. The van der Waals surface area contributed by atoms with Crippen LogP contribution in [0.25, 0.3) is 0 Å². The number of aromatic nitrogens is 1. The van der Waals surface area contributed by atoms with Gasteiger partial charge < -0.3 is 0 Å². The number of alkyl halides is 1. The Labute approximate surface area is 121 Å². The fourth-order valence-electron chi connectivity index (χ4n) is 1.88. The van der Waals surface area contributed by atoms with Gasteiger partial charge in [0.2, 0.25) is 0 Å². The molecule has 0 amide bonds. The van der Waals surface area contributed by atoms with Gasteiger partial charge in [0.25, 0.3) is 0 Å². The van der Waals surface area contributed by atoms with Gasteiger partial charge in [-0.3, -0.25) is 4.98 Å². The van der Waals surface area contributed by atoms with Gasteiger partial charge in [-0.15, -0.1) is 11.6 Å². The van der Waals surface area contributed by atoms with E-state index in [1.807, 2.05) is 31.3 Å². The van der Waals surface area contributed by atoms with Crippen LogP contribution in [0.2, 0.25) is 0 Å². The van der Waals surface area contributed by atoms with E-state index in [9.17, 15) is 0 Å². The van der Waals surface area contributed by atoms with Crippen molar-refractivity contribution in [2.45, 2.75) is 25.6 Å². The standard InChI is InChI=1S/C15H15BrClN/c1-10-6-7-12(18-9-10)8-15(17)13-4-3-5-14(16)11(13)2/h3-7,9,15H,8H2,1-2H3. The summed E-state index contributed by atoms with van der Waals surface area (Å²) < 4.78 is 1.10. The van der Waals surface area contributed by atoms with Gasteiger partial charge in [0.15, 0.2) is 0 Å². The third-order valence-electron chi connectivity index (χ3n) is 3.01. The lowest BCUT2D eigenvalue weighted by atomic mass is 10.0. The van der Waals surface area contributed by atoms with Crippen molar-refractivity contribution in [3.8, 4) is 0 Å². The summed E-state index contributed by atoms with van der Waals surface area (Å²) >= 11 is 10.0. The summed E-state index contributed by atoms with van der Waals surface area (Å²) in [5.74, 6) is 0. The molecular weight excluding hydrogens is 310 g/mol. The molecule has 94 valence electrons. The number of aryl methyl sites for hydroxylation is 1. The summed E-state index contributed by atoms with van der Waals surface area (Å²) in [6, 6.07) is 10.2. The maximum absolute atomic E-state index is 6.50. The quantitative estimate of drug-likeness (QED) is 0.725. The molecule has 1 aromatic heterocycles. The second-order valence-corrected chi connectivity index (χ2v) is 5.83. The summed E-state index contributed by atoms with van der Waals surface area (Å²) in [5.41, 5.74) is 4.56. The number of hydrogen-bond acceptors (Lipinski definition) is 1. The molecule has 0 fully saturated rings. The SMILES string of the molecule is Cc1ccc(CC(Cl)c2cccc(Br)c2C)nc1. The van der Waals surface area contributed by atoms with E-state index in [2.05, 4.69) is 40.0 Å². The van der Waals surface area contributed by atoms with Crippen molar-refractivity contribution in [2.75, 3.05) is 0 Å². The van der Waals surface area contributed by atoms with Crippen LogP contribution in [-0.2, 0) is 6.42 Å². The Hall–Kier alpha value is -0.860. The number of rotatable bonds is 3. The number of pyridine rings is 1. The number of benzene rings is 1. The summed E-state index contributed by atoms with van der Waals surface area (Å²) in [6.45, 7) is 4.12. The van der Waals surface area contributed by atoms with E-state index in [-0.39, 0.29) is 5.38 Å². The molecule has 0 aliphatic rings. The Balaban J connectivity index is 2.19. The summed E-state index contributed by atoms with van der Waals surface area (Å²) in [4.78, 5) is 4.40. The molecule has 1 atom stereocenters. The highest BCUT2D eigenvalue weighted by Crippen LogP contribution is 2.30. The number of hydrogen-bond donors (Lipinski definition) is 0. The average molecular weight is 325 g/mol. The first-order valence-electron chi connectivity index (χ1n) is 5.88.